The van der Waals surface area contributed by atoms with E-state index in [1.807, 2.05) is 25.1 Å². The molecule has 2 fully saturated rings. The number of fused-ring (bicyclic) bond motifs is 1. The number of hydrogen-bond donors (Lipinski definition) is 0. The van der Waals surface area contributed by atoms with Crippen molar-refractivity contribution in [2.45, 2.75) is 44.4 Å². The van der Waals surface area contributed by atoms with Crippen LogP contribution in [0.1, 0.15) is 43.7 Å². The molecule has 0 aromatic heterocycles. The first-order valence-electron chi connectivity index (χ1n) is 10.3. The Bertz CT molecular complexity index is 1030. The first kappa shape index (κ1) is 20.6. The summed E-state index contributed by atoms with van der Waals surface area (Å²) < 4.78 is 28.2. The molecule has 154 valence electrons. The number of nitrogens with zero attached hydrogens (tertiary/aromatic N) is 1. The molecule has 4 rings (SSSR count). The lowest BCUT2D eigenvalue weighted by Gasteiger charge is -2.24. The number of sulfonamides is 1. The molecular formula is C24H28ClNO2S. The van der Waals surface area contributed by atoms with Gasteiger partial charge in [-0.2, -0.15) is 4.31 Å². The molecule has 0 amide bonds. The third-order valence-electron chi connectivity index (χ3n) is 6.57. The van der Waals surface area contributed by atoms with E-state index in [1.165, 1.54) is 11.1 Å². The van der Waals surface area contributed by atoms with Gasteiger partial charge in [0.15, 0.2) is 0 Å². The van der Waals surface area contributed by atoms with Gasteiger partial charge >= 0.3 is 0 Å². The van der Waals surface area contributed by atoms with E-state index < -0.39 is 10.0 Å². The number of aryl methyl sites for hydroxylation is 1. The Kier molecular flexibility index (Phi) is 5.39. The zero-order valence-electron chi connectivity index (χ0n) is 17.2. The second kappa shape index (κ2) is 7.57. The van der Waals surface area contributed by atoms with Gasteiger partial charge in [0.1, 0.15) is 0 Å². The SMILES string of the molecule is CCC/C(C)=C(/Cl)[C@]12CN(S(=O)(=O)c3ccc(C)cc3)C[C@H]1[C@@H]2c1ccccc1. The molecule has 0 spiro atoms. The molecule has 0 N–H and O–H groups in total. The van der Waals surface area contributed by atoms with Gasteiger partial charge in [-0.05, 0) is 43.9 Å². The van der Waals surface area contributed by atoms with Crippen LogP contribution in [0.2, 0.25) is 0 Å². The van der Waals surface area contributed by atoms with Crippen LogP contribution in [0.25, 0.3) is 0 Å². The standard InChI is InChI=1S/C24H28ClNO2S/c1-4-8-18(3)23(25)24-16-26(29(27,28)20-13-11-17(2)12-14-20)15-21(24)22(24)19-9-6-5-7-10-19/h5-7,9-14,21-22H,4,8,15-16H2,1-3H3/b23-18+/t21-,22-,24+/m0/s1. The third kappa shape index (κ3) is 3.35. The number of halogens is 1. The summed E-state index contributed by atoms with van der Waals surface area (Å²) >= 11 is 6.98. The largest absolute Gasteiger partial charge is 0.243 e. The maximum atomic E-state index is 13.3. The first-order chi connectivity index (χ1) is 13.8. The number of rotatable bonds is 6. The quantitative estimate of drug-likeness (QED) is 0.589. The average molecular weight is 430 g/mol. The van der Waals surface area contributed by atoms with E-state index in [2.05, 4.69) is 38.1 Å². The highest BCUT2D eigenvalue weighted by Gasteiger charge is 2.72. The van der Waals surface area contributed by atoms with Crippen molar-refractivity contribution in [2.75, 3.05) is 13.1 Å². The fourth-order valence-corrected chi connectivity index (χ4v) is 6.99. The molecule has 0 radical (unpaired) electrons. The Hall–Kier alpha value is -1.62. The predicted octanol–water partition coefficient (Wildman–Crippen LogP) is 5.71. The Morgan fingerprint density at radius 1 is 1.14 bits per heavy atom. The topological polar surface area (TPSA) is 37.4 Å². The summed E-state index contributed by atoms with van der Waals surface area (Å²) in [5.74, 6) is 0.511. The summed E-state index contributed by atoms with van der Waals surface area (Å²) in [7, 11) is -3.52. The molecule has 5 heteroatoms. The van der Waals surface area contributed by atoms with Gasteiger partial charge in [0.2, 0.25) is 10.0 Å². The molecule has 1 aliphatic heterocycles. The van der Waals surface area contributed by atoms with E-state index in [-0.39, 0.29) is 17.3 Å². The van der Waals surface area contributed by atoms with Gasteiger partial charge in [-0.3, -0.25) is 0 Å². The van der Waals surface area contributed by atoms with Crippen LogP contribution in [0.3, 0.4) is 0 Å². The monoisotopic (exact) mass is 429 g/mol. The Balaban J connectivity index is 1.70. The van der Waals surface area contributed by atoms with Crippen molar-refractivity contribution < 1.29 is 8.42 Å². The lowest BCUT2D eigenvalue weighted by atomic mass is 9.95. The van der Waals surface area contributed by atoms with E-state index in [0.717, 1.165) is 23.4 Å². The molecule has 1 saturated heterocycles. The fourth-order valence-electron chi connectivity index (χ4n) is 5.06. The van der Waals surface area contributed by atoms with Gasteiger partial charge in [0, 0.05) is 29.5 Å². The number of hydrogen-bond acceptors (Lipinski definition) is 2. The van der Waals surface area contributed by atoms with Crippen LogP contribution in [-0.4, -0.2) is 25.8 Å². The van der Waals surface area contributed by atoms with Crippen molar-refractivity contribution in [1.82, 2.24) is 4.31 Å². The van der Waals surface area contributed by atoms with Gasteiger partial charge in [0.05, 0.1) is 4.90 Å². The second-order valence-corrected chi connectivity index (χ2v) is 10.8. The number of piperidine rings is 1. The van der Waals surface area contributed by atoms with Crippen LogP contribution < -0.4 is 0 Å². The summed E-state index contributed by atoms with van der Waals surface area (Å²) in [6, 6.07) is 17.5. The highest BCUT2D eigenvalue weighted by molar-refractivity contribution is 7.89. The average Bonchev–Trinajstić information content (AvgIpc) is 3.17. The van der Waals surface area contributed by atoms with Crippen LogP contribution in [0.5, 0.6) is 0 Å². The maximum Gasteiger partial charge on any atom is 0.243 e. The van der Waals surface area contributed by atoms with Crippen LogP contribution in [-0.2, 0) is 10.0 Å². The predicted molar refractivity (Wildman–Crippen MR) is 119 cm³/mol. The van der Waals surface area contributed by atoms with Crippen LogP contribution >= 0.6 is 11.6 Å². The van der Waals surface area contributed by atoms with Gasteiger partial charge in [-0.15, -0.1) is 0 Å². The minimum Gasteiger partial charge on any atom is -0.207 e. The van der Waals surface area contributed by atoms with Crippen molar-refractivity contribution >= 4 is 21.6 Å². The molecule has 1 heterocycles. The molecule has 1 saturated carbocycles. The molecule has 0 bridgehead atoms. The van der Waals surface area contributed by atoms with E-state index in [1.54, 1.807) is 16.4 Å². The molecular weight excluding hydrogens is 402 g/mol. The highest BCUT2D eigenvalue weighted by atomic mass is 35.5. The minimum atomic E-state index is -3.52. The zero-order valence-corrected chi connectivity index (χ0v) is 18.8. The van der Waals surface area contributed by atoms with E-state index in [4.69, 9.17) is 11.6 Å². The van der Waals surface area contributed by atoms with Crippen molar-refractivity contribution in [2.24, 2.45) is 11.3 Å². The fraction of sp³-hybridized carbons (Fsp3) is 0.417. The van der Waals surface area contributed by atoms with Crippen LogP contribution in [0, 0.1) is 18.3 Å². The lowest BCUT2D eigenvalue weighted by Crippen LogP contribution is -2.33. The molecule has 2 aromatic carbocycles. The molecule has 2 aliphatic rings. The molecule has 29 heavy (non-hydrogen) atoms. The summed E-state index contributed by atoms with van der Waals surface area (Å²) in [5, 5.41) is 0.875. The molecule has 3 atom stereocenters. The summed E-state index contributed by atoms with van der Waals surface area (Å²) in [4.78, 5) is 0.362. The van der Waals surface area contributed by atoms with E-state index >= 15 is 0 Å². The van der Waals surface area contributed by atoms with Gasteiger partial charge in [-0.25, -0.2) is 8.42 Å². The maximum absolute atomic E-state index is 13.3. The number of allylic oxidation sites excluding steroid dienone is 1. The Morgan fingerprint density at radius 2 is 1.79 bits per heavy atom. The van der Waals surface area contributed by atoms with Gasteiger partial charge < -0.3 is 0 Å². The van der Waals surface area contributed by atoms with Crippen LogP contribution in [0.15, 0.2) is 70.1 Å². The smallest absolute Gasteiger partial charge is 0.207 e. The van der Waals surface area contributed by atoms with Crippen LogP contribution in [0.4, 0.5) is 0 Å². The summed E-state index contributed by atoms with van der Waals surface area (Å²) in [5.41, 5.74) is 3.20. The van der Waals surface area contributed by atoms with Crippen molar-refractivity contribution in [3.63, 3.8) is 0 Å². The molecule has 3 nitrogen and oxygen atoms in total. The minimum absolute atomic E-state index is 0.226. The zero-order chi connectivity index (χ0) is 20.8. The number of benzene rings is 2. The van der Waals surface area contributed by atoms with Crippen molar-refractivity contribution in [3.05, 3.63) is 76.3 Å². The third-order valence-corrected chi connectivity index (χ3v) is 9.07. The van der Waals surface area contributed by atoms with Gasteiger partial charge in [-0.1, -0.05) is 78.5 Å². The first-order valence-corrected chi connectivity index (χ1v) is 12.1. The molecule has 0 unspecified atom stereocenters. The van der Waals surface area contributed by atoms with Gasteiger partial charge in [0.25, 0.3) is 0 Å². The van der Waals surface area contributed by atoms with Crippen molar-refractivity contribution in [3.8, 4) is 0 Å². The van der Waals surface area contributed by atoms with E-state index in [0.29, 0.717) is 18.0 Å². The lowest BCUT2D eigenvalue weighted by molar-refractivity contribution is 0.411. The highest BCUT2D eigenvalue weighted by Crippen LogP contribution is 2.73. The summed E-state index contributed by atoms with van der Waals surface area (Å²) in [6.07, 6.45) is 1.98. The molecule has 2 aromatic rings. The van der Waals surface area contributed by atoms with E-state index in [9.17, 15) is 8.42 Å². The van der Waals surface area contributed by atoms with Crippen molar-refractivity contribution in [1.29, 1.82) is 0 Å². The summed E-state index contributed by atoms with van der Waals surface area (Å²) in [6.45, 7) is 7.17. The Morgan fingerprint density at radius 3 is 2.41 bits per heavy atom. The molecule has 1 aliphatic carbocycles. The normalized spacial score (nSPS) is 27.4. The Labute approximate surface area is 179 Å². The second-order valence-electron chi connectivity index (χ2n) is 8.49.